The third kappa shape index (κ3) is 4.76. The molecule has 170 valence electrons. The topological polar surface area (TPSA) is 86.8 Å². The third-order valence-electron chi connectivity index (χ3n) is 6.49. The van der Waals surface area contributed by atoms with Crippen LogP contribution in [-0.2, 0) is 16.8 Å². The van der Waals surface area contributed by atoms with Crippen LogP contribution in [0.5, 0.6) is 0 Å². The number of hydrogen-bond acceptors (Lipinski definition) is 5. The zero-order chi connectivity index (χ0) is 22.9. The fraction of sp³-hybridized carbons (Fsp3) is 0.520. The molecule has 1 aliphatic heterocycles. The van der Waals surface area contributed by atoms with Crippen LogP contribution < -0.4 is 10.2 Å². The fourth-order valence-electron chi connectivity index (χ4n) is 4.14. The average molecular weight is 435 g/mol. The van der Waals surface area contributed by atoms with Crippen LogP contribution in [0.2, 0.25) is 0 Å². The summed E-state index contributed by atoms with van der Waals surface area (Å²) < 4.78 is 0. The highest BCUT2D eigenvalue weighted by atomic mass is 16.1. The van der Waals surface area contributed by atoms with Gasteiger partial charge < -0.3 is 10.2 Å². The highest BCUT2D eigenvalue weighted by Crippen LogP contribution is 2.29. The SMILES string of the molecule is CC1CCN(c2nc(C(C)(C)C)ccc2CNC(=O)C(C)c2ccc3n[nH]nc3c2)CC1. The Balaban J connectivity index is 1.51. The second-order valence-corrected chi connectivity index (χ2v) is 10.1. The van der Waals surface area contributed by atoms with Gasteiger partial charge in [0.1, 0.15) is 16.9 Å². The number of amides is 1. The summed E-state index contributed by atoms with van der Waals surface area (Å²) in [6.07, 6.45) is 2.35. The van der Waals surface area contributed by atoms with Crippen LogP contribution in [0.3, 0.4) is 0 Å². The molecule has 1 unspecified atom stereocenters. The Hall–Kier alpha value is -2.96. The summed E-state index contributed by atoms with van der Waals surface area (Å²) in [7, 11) is 0. The molecule has 1 atom stereocenters. The highest BCUT2D eigenvalue weighted by molar-refractivity contribution is 5.85. The zero-order valence-corrected chi connectivity index (χ0v) is 19.8. The molecule has 0 radical (unpaired) electrons. The fourth-order valence-corrected chi connectivity index (χ4v) is 4.14. The van der Waals surface area contributed by atoms with Gasteiger partial charge >= 0.3 is 0 Å². The van der Waals surface area contributed by atoms with E-state index in [4.69, 9.17) is 4.98 Å². The van der Waals surface area contributed by atoms with E-state index in [1.165, 1.54) is 12.8 Å². The Morgan fingerprint density at radius 1 is 1.16 bits per heavy atom. The van der Waals surface area contributed by atoms with Crippen molar-refractivity contribution in [3.05, 3.63) is 47.2 Å². The van der Waals surface area contributed by atoms with Crippen molar-refractivity contribution >= 4 is 22.8 Å². The van der Waals surface area contributed by atoms with Crippen molar-refractivity contribution in [1.29, 1.82) is 0 Å². The molecule has 4 rings (SSSR count). The number of rotatable bonds is 5. The lowest BCUT2D eigenvalue weighted by molar-refractivity contribution is -0.122. The smallest absolute Gasteiger partial charge is 0.227 e. The van der Waals surface area contributed by atoms with Gasteiger partial charge in [0.25, 0.3) is 0 Å². The van der Waals surface area contributed by atoms with E-state index in [9.17, 15) is 4.79 Å². The van der Waals surface area contributed by atoms with E-state index in [2.05, 4.69) is 65.5 Å². The molecule has 7 heteroatoms. The van der Waals surface area contributed by atoms with E-state index in [1.807, 2.05) is 25.1 Å². The second-order valence-electron chi connectivity index (χ2n) is 10.1. The summed E-state index contributed by atoms with van der Waals surface area (Å²) in [4.78, 5) is 20.4. The molecule has 0 spiro atoms. The van der Waals surface area contributed by atoms with E-state index in [1.54, 1.807) is 0 Å². The molecule has 1 amide bonds. The highest BCUT2D eigenvalue weighted by Gasteiger charge is 2.24. The Morgan fingerprint density at radius 3 is 2.59 bits per heavy atom. The van der Waals surface area contributed by atoms with Crippen molar-refractivity contribution < 1.29 is 4.79 Å². The lowest BCUT2D eigenvalue weighted by Crippen LogP contribution is -2.36. The molecular formula is C25H34N6O. The van der Waals surface area contributed by atoms with Crippen LogP contribution in [0.1, 0.15) is 70.2 Å². The molecule has 2 N–H and O–H groups in total. The van der Waals surface area contributed by atoms with Crippen LogP contribution in [0, 0.1) is 5.92 Å². The quantitative estimate of drug-likeness (QED) is 0.625. The number of aromatic amines is 1. The van der Waals surface area contributed by atoms with Crippen molar-refractivity contribution in [2.24, 2.45) is 5.92 Å². The normalized spacial score (nSPS) is 16.3. The van der Waals surface area contributed by atoms with Crippen molar-refractivity contribution in [2.75, 3.05) is 18.0 Å². The third-order valence-corrected chi connectivity index (χ3v) is 6.49. The number of H-pyrrole nitrogens is 1. The number of fused-ring (bicyclic) bond motifs is 1. The maximum absolute atomic E-state index is 13.0. The van der Waals surface area contributed by atoms with Gasteiger partial charge in [-0.3, -0.25) is 4.79 Å². The van der Waals surface area contributed by atoms with Crippen molar-refractivity contribution in [2.45, 2.75) is 65.3 Å². The summed E-state index contributed by atoms with van der Waals surface area (Å²) in [5, 5.41) is 14.0. The number of anilines is 1. The summed E-state index contributed by atoms with van der Waals surface area (Å²) >= 11 is 0. The Kier molecular flexibility index (Phi) is 6.17. The lowest BCUT2D eigenvalue weighted by atomic mass is 9.91. The first kappa shape index (κ1) is 22.2. The molecule has 7 nitrogen and oxygen atoms in total. The summed E-state index contributed by atoms with van der Waals surface area (Å²) in [6, 6.07) is 9.98. The van der Waals surface area contributed by atoms with Gasteiger partial charge in [0, 0.05) is 36.3 Å². The number of pyridine rings is 1. The summed E-state index contributed by atoms with van der Waals surface area (Å²) in [5.41, 5.74) is 4.62. The Morgan fingerprint density at radius 2 is 1.88 bits per heavy atom. The van der Waals surface area contributed by atoms with Crippen LogP contribution in [-0.4, -0.2) is 39.4 Å². The molecule has 0 saturated carbocycles. The number of nitrogens with zero attached hydrogens (tertiary/aromatic N) is 4. The first-order valence-corrected chi connectivity index (χ1v) is 11.6. The molecule has 1 aliphatic rings. The zero-order valence-electron chi connectivity index (χ0n) is 19.8. The first-order chi connectivity index (χ1) is 15.2. The summed E-state index contributed by atoms with van der Waals surface area (Å²) in [5.74, 6) is 1.48. The maximum atomic E-state index is 13.0. The van der Waals surface area contributed by atoms with Gasteiger partial charge in [-0.25, -0.2) is 4.98 Å². The van der Waals surface area contributed by atoms with Crippen molar-refractivity contribution in [3.8, 4) is 0 Å². The summed E-state index contributed by atoms with van der Waals surface area (Å²) in [6.45, 7) is 13.3. The first-order valence-electron chi connectivity index (χ1n) is 11.6. The molecule has 0 bridgehead atoms. The van der Waals surface area contributed by atoms with Gasteiger partial charge in [0.05, 0.1) is 5.92 Å². The van der Waals surface area contributed by atoms with E-state index in [0.29, 0.717) is 6.54 Å². The molecule has 0 aliphatic carbocycles. The number of carbonyl (C=O) groups excluding carboxylic acids is 1. The Bertz CT molecular complexity index is 1090. The van der Waals surface area contributed by atoms with E-state index in [-0.39, 0.29) is 17.2 Å². The molecule has 1 fully saturated rings. The minimum absolute atomic E-state index is 0.00837. The van der Waals surface area contributed by atoms with Gasteiger partial charge in [-0.2, -0.15) is 15.4 Å². The predicted octanol–water partition coefficient (Wildman–Crippen LogP) is 4.31. The number of benzene rings is 1. The van der Waals surface area contributed by atoms with Crippen molar-refractivity contribution in [1.82, 2.24) is 25.7 Å². The van der Waals surface area contributed by atoms with Gasteiger partial charge in [0.2, 0.25) is 5.91 Å². The van der Waals surface area contributed by atoms with E-state index in [0.717, 1.165) is 52.7 Å². The number of carbonyl (C=O) groups is 1. The van der Waals surface area contributed by atoms with Gasteiger partial charge in [-0.1, -0.05) is 39.8 Å². The Labute approximate surface area is 190 Å². The molecule has 3 heterocycles. The predicted molar refractivity (Wildman–Crippen MR) is 128 cm³/mol. The number of hydrogen-bond donors (Lipinski definition) is 2. The van der Waals surface area contributed by atoms with Crippen LogP contribution in [0.4, 0.5) is 5.82 Å². The number of nitrogens with one attached hydrogen (secondary N) is 2. The molecule has 1 aromatic carbocycles. The monoisotopic (exact) mass is 434 g/mol. The van der Waals surface area contributed by atoms with Crippen LogP contribution in [0.15, 0.2) is 30.3 Å². The van der Waals surface area contributed by atoms with Crippen molar-refractivity contribution in [3.63, 3.8) is 0 Å². The molecule has 3 aromatic rings. The van der Waals surface area contributed by atoms with Gasteiger partial charge in [0.15, 0.2) is 0 Å². The largest absolute Gasteiger partial charge is 0.356 e. The van der Waals surface area contributed by atoms with E-state index >= 15 is 0 Å². The standard InChI is InChI=1S/C25H34N6O/c1-16-10-12-31(13-11-16)23-19(7-9-22(27-23)25(3,4)5)15-26-24(32)17(2)18-6-8-20-21(14-18)29-30-28-20/h6-9,14,16-17H,10-13,15H2,1-5H3,(H,26,32)(H,28,29,30). The minimum Gasteiger partial charge on any atom is -0.356 e. The maximum Gasteiger partial charge on any atom is 0.227 e. The second kappa shape index (κ2) is 8.88. The number of piperidine rings is 1. The molecular weight excluding hydrogens is 400 g/mol. The van der Waals surface area contributed by atoms with Crippen LogP contribution >= 0.6 is 0 Å². The van der Waals surface area contributed by atoms with E-state index < -0.39 is 0 Å². The van der Waals surface area contributed by atoms with Crippen LogP contribution in [0.25, 0.3) is 11.0 Å². The van der Waals surface area contributed by atoms with Gasteiger partial charge in [-0.05, 0) is 49.4 Å². The molecule has 32 heavy (non-hydrogen) atoms. The number of aromatic nitrogens is 4. The van der Waals surface area contributed by atoms with Gasteiger partial charge in [-0.15, -0.1) is 0 Å². The molecule has 1 saturated heterocycles. The molecule has 2 aromatic heterocycles. The average Bonchev–Trinajstić information content (AvgIpc) is 3.24. The minimum atomic E-state index is -0.280. The lowest BCUT2D eigenvalue weighted by Gasteiger charge is -2.33.